The van der Waals surface area contributed by atoms with Gasteiger partial charge in [0.15, 0.2) is 0 Å². The quantitative estimate of drug-likeness (QED) is 0.814. The van der Waals surface area contributed by atoms with Gasteiger partial charge in [-0.2, -0.15) is 0 Å². The van der Waals surface area contributed by atoms with Crippen molar-refractivity contribution in [3.63, 3.8) is 0 Å². The monoisotopic (exact) mass is 212 g/mol. The minimum Gasteiger partial charge on any atom is -0.481 e. The first-order valence-corrected chi connectivity index (χ1v) is 5.62. The first-order valence-electron chi connectivity index (χ1n) is 4.74. The van der Waals surface area contributed by atoms with Crippen LogP contribution in [0.25, 0.3) is 0 Å². The molecule has 2 nitrogen and oxygen atoms in total. The minimum absolute atomic E-state index is 0.101. The SMILES string of the molecule is CC(C)(CCc1cccs1)CC(=O)O. The molecule has 3 heteroatoms. The first-order chi connectivity index (χ1) is 6.49. The average Bonchev–Trinajstić information content (AvgIpc) is 2.50. The second-order valence-corrected chi connectivity index (χ2v) is 5.35. The summed E-state index contributed by atoms with van der Waals surface area (Å²) >= 11 is 1.74. The zero-order valence-corrected chi connectivity index (χ0v) is 9.43. The predicted octanol–water partition coefficient (Wildman–Crippen LogP) is 3.18. The number of aliphatic carboxylic acids is 1. The number of thiophene rings is 1. The molecule has 0 aliphatic rings. The Hall–Kier alpha value is -0.830. The normalized spacial score (nSPS) is 11.6. The molecule has 0 bridgehead atoms. The van der Waals surface area contributed by atoms with Gasteiger partial charge in [-0.3, -0.25) is 4.79 Å². The molecule has 0 unspecified atom stereocenters. The van der Waals surface area contributed by atoms with Crippen LogP contribution in [-0.2, 0) is 11.2 Å². The molecule has 0 aliphatic carbocycles. The van der Waals surface area contributed by atoms with Crippen LogP contribution in [0.1, 0.15) is 31.6 Å². The van der Waals surface area contributed by atoms with Crippen molar-refractivity contribution in [1.29, 1.82) is 0 Å². The maximum Gasteiger partial charge on any atom is 0.303 e. The van der Waals surface area contributed by atoms with Gasteiger partial charge in [0, 0.05) is 4.88 Å². The number of carboxylic acid groups (broad SMARTS) is 1. The minimum atomic E-state index is -0.707. The largest absolute Gasteiger partial charge is 0.481 e. The Morgan fingerprint density at radius 1 is 1.57 bits per heavy atom. The van der Waals surface area contributed by atoms with Gasteiger partial charge in [-0.15, -0.1) is 11.3 Å². The van der Waals surface area contributed by atoms with E-state index in [9.17, 15) is 4.79 Å². The summed E-state index contributed by atoms with van der Waals surface area (Å²) in [5.41, 5.74) is -0.101. The molecule has 0 saturated heterocycles. The van der Waals surface area contributed by atoms with Crippen LogP contribution in [0, 0.1) is 5.41 Å². The Morgan fingerprint density at radius 3 is 2.79 bits per heavy atom. The fourth-order valence-corrected chi connectivity index (χ4v) is 2.12. The fourth-order valence-electron chi connectivity index (χ4n) is 1.41. The van der Waals surface area contributed by atoms with Crippen LogP contribution in [0.2, 0.25) is 0 Å². The van der Waals surface area contributed by atoms with Gasteiger partial charge in [0.1, 0.15) is 0 Å². The average molecular weight is 212 g/mol. The summed E-state index contributed by atoms with van der Waals surface area (Å²) in [6, 6.07) is 4.13. The van der Waals surface area contributed by atoms with E-state index >= 15 is 0 Å². The Labute approximate surface area is 88.6 Å². The van der Waals surface area contributed by atoms with Crippen LogP contribution in [0.5, 0.6) is 0 Å². The Morgan fingerprint density at radius 2 is 2.29 bits per heavy atom. The second kappa shape index (κ2) is 4.60. The zero-order chi connectivity index (χ0) is 10.6. The molecule has 0 amide bonds. The summed E-state index contributed by atoms with van der Waals surface area (Å²) in [6.07, 6.45) is 2.16. The third-order valence-electron chi connectivity index (χ3n) is 2.26. The van der Waals surface area contributed by atoms with Crippen LogP contribution in [0.3, 0.4) is 0 Å². The Kier molecular flexibility index (Phi) is 3.69. The number of aryl methyl sites for hydroxylation is 1. The topological polar surface area (TPSA) is 37.3 Å². The van der Waals surface area contributed by atoms with Crippen molar-refractivity contribution in [1.82, 2.24) is 0 Å². The van der Waals surface area contributed by atoms with Crippen molar-refractivity contribution < 1.29 is 9.90 Å². The summed E-state index contributed by atoms with van der Waals surface area (Å²) in [5, 5.41) is 10.8. The van der Waals surface area contributed by atoms with E-state index < -0.39 is 5.97 Å². The van der Waals surface area contributed by atoms with E-state index in [4.69, 9.17) is 5.11 Å². The lowest BCUT2D eigenvalue weighted by atomic mass is 9.84. The van der Waals surface area contributed by atoms with Gasteiger partial charge >= 0.3 is 5.97 Å². The molecule has 0 aromatic carbocycles. The van der Waals surface area contributed by atoms with Crippen LogP contribution in [0.4, 0.5) is 0 Å². The molecule has 0 saturated carbocycles. The van der Waals surface area contributed by atoms with Crippen molar-refractivity contribution >= 4 is 17.3 Å². The third kappa shape index (κ3) is 3.92. The molecule has 14 heavy (non-hydrogen) atoms. The van der Waals surface area contributed by atoms with Gasteiger partial charge in [0.2, 0.25) is 0 Å². The molecular weight excluding hydrogens is 196 g/mol. The lowest BCUT2D eigenvalue weighted by Gasteiger charge is -2.21. The number of carbonyl (C=O) groups is 1. The van der Waals surface area contributed by atoms with Crippen LogP contribution in [-0.4, -0.2) is 11.1 Å². The molecule has 1 aromatic heterocycles. The Bertz CT molecular complexity index is 288. The van der Waals surface area contributed by atoms with E-state index in [-0.39, 0.29) is 11.8 Å². The van der Waals surface area contributed by atoms with Gasteiger partial charge in [-0.1, -0.05) is 19.9 Å². The van der Waals surface area contributed by atoms with Crippen LogP contribution in [0.15, 0.2) is 17.5 Å². The number of hydrogen-bond donors (Lipinski definition) is 1. The lowest BCUT2D eigenvalue weighted by molar-refractivity contribution is -0.139. The van der Waals surface area contributed by atoms with Crippen molar-refractivity contribution in [3.05, 3.63) is 22.4 Å². The van der Waals surface area contributed by atoms with E-state index in [1.807, 2.05) is 19.9 Å². The summed E-state index contributed by atoms with van der Waals surface area (Å²) < 4.78 is 0. The van der Waals surface area contributed by atoms with E-state index in [0.29, 0.717) is 0 Å². The fraction of sp³-hybridized carbons (Fsp3) is 0.545. The zero-order valence-electron chi connectivity index (χ0n) is 8.62. The van der Waals surface area contributed by atoms with Crippen molar-refractivity contribution in [2.45, 2.75) is 33.1 Å². The van der Waals surface area contributed by atoms with Gasteiger partial charge in [0.25, 0.3) is 0 Å². The molecule has 78 valence electrons. The number of carboxylic acids is 1. The smallest absolute Gasteiger partial charge is 0.303 e. The third-order valence-corrected chi connectivity index (χ3v) is 3.19. The molecule has 1 aromatic rings. The summed E-state index contributed by atoms with van der Waals surface area (Å²) in [4.78, 5) is 11.9. The highest BCUT2D eigenvalue weighted by atomic mass is 32.1. The number of rotatable bonds is 5. The highest BCUT2D eigenvalue weighted by Gasteiger charge is 2.21. The van der Waals surface area contributed by atoms with E-state index in [0.717, 1.165) is 12.8 Å². The molecule has 1 heterocycles. The maximum atomic E-state index is 10.6. The molecule has 1 N–H and O–H groups in total. The van der Waals surface area contributed by atoms with E-state index in [2.05, 4.69) is 11.4 Å². The second-order valence-electron chi connectivity index (χ2n) is 4.31. The molecule has 0 atom stereocenters. The molecule has 1 rings (SSSR count). The van der Waals surface area contributed by atoms with Gasteiger partial charge in [-0.05, 0) is 29.7 Å². The van der Waals surface area contributed by atoms with Crippen molar-refractivity contribution in [2.24, 2.45) is 5.41 Å². The van der Waals surface area contributed by atoms with E-state index in [1.165, 1.54) is 4.88 Å². The van der Waals surface area contributed by atoms with E-state index in [1.54, 1.807) is 11.3 Å². The van der Waals surface area contributed by atoms with Gasteiger partial charge in [-0.25, -0.2) is 0 Å². The summed E-state index contributed by atoms with van der Waals surface area (Å²) in [7, 11) is 0. The predicted molar refractivity (Wildman–Crippen MR) is 58.7 cm³/mol. The molecule has 0 radical (unpaired) electrons. The Balaban J connectivity index is 2.40. The molecule has 0 aliphatic heterocycles. The lowest BCUT2D eigenvalue weighted by Crippen LogP contribution is -2.17. The van der Waals surface area contributed by atoms with Crippen LogP contribution >= 0.6 is 11.3 Å². The van der Waals surface area contributed by atoms with Crippen molar-refractivity contribution in [2.75, 3.05) is 0 Å². The highest BCUT2D eigenvalue weighted by Crippen LogP contribution is 2.27. The van der Waals surface area contributed by atoms with Gasteiger partial charge in [0.05, 0.1) is 6.42 Å². The van der Waals surface area contributed by atoms with Crippen LogP contribution < -0.4 is 0 Å². The maximum absolute atomic E-state index is 10.6. The summed E-state index contributed by atoms with van der Waals surface area (Å²) in [5.74, 6) is -0.707. The highest BCUT2D eigenvalue weighted by molar-refractivity contribution is 7.09. The van der Waals surface area contributed by atoms with Gasteiger partial charge < -0.3 is 5.11 Å². The molecular formula is C11H16O2S. The summed E-state index contributed by atoms with van der Waals surface area (Å²) in [6.45, 7) is 4.02. The molecule has 0 spiro atoms. The standard InChI is InChI=1S/C11H16O2S/c1-11(2,8-10(12)13)6-5-9-4-3-7-14-9/h3-4,7H,5-6,8H2,1-2H3,(H,12,13). The number of hydrogen-bond acceptors (Lipinski definition) is 2. The first kappa shape index (κ1) is 11.2. The van der Waals surface area contributed by atoms with Crippen molar-refractivity contribution in [3.8, 4) is 0 Å². The molecule has 0 fully saturated rings.